The van der Waals surface area contributed by atoms with Crippen LogP contribution in [0.15, 0.2) is 12.1 Å². The molecule has 2 heterocycles. The molecule has 0 atom stereocenters. The van der Waals surface area contributed by atoms with Gasteiger partial charge in [0.15, 0.2) is 0 Å². The number of aromatic amines is 1. The quantitative estimate of drug-likeness (QED) is 0.871. The zero-order valence-electron chi connectivity index (χ0n) is 14.0. The third-order valence-corrected chi connectivity index (χ3v) is 4.05. The molecule has 1 aliphatic rings. The summed E-state index contributed by atoms with van der Waals surface area (Å²) in [5.41, 5.74) is 2.84. The first kappa shape index (κ1) is 16.2. The molecule has 0 unspecified atom stereocenters. The topological polar surface area (TPSA) is 80.9 Å². The van der Waals surface area contributed by atoms with Crippen LogP contribution in [0.2, 0.25) is 0 Å². The van der Waals surface area contributed by atoms with E-state index in [1.54, 1.807) is 38.0 Å². The summed E-state index contributed by atoms with van der Waals surface area (Å²) in [5, 5.41) is 0.860. The van der Waals surface area contributed by atoms with Gasteiger partial charge in [-0.15, -0.1) is 0 Å². The highest BCUT2D eigenvalue weighted by Crippen LogP contribution is 2.40. The van der Waals surface area contributed by atoms with Crippen LogP contribution in [0, 0.1) is 0 Å². The summed E-state index contributed by atoms with van der Waals surface area (Å²) in [6.45, 7) is 4.70. The van der Waals surface area contributed by atoms with E-state index in [1.165, 1.54) is 0 Å². The summed E-state index contributed by atoms with van der Waals surface area (Å²) in [5.74, 6) is 0.153. The highest BCUT2D eigenvalue weighted by molar-refractivity contribution is 6.03. The number of hydrogen-bond donors (Lipinski definition) is 1. The molecule has 1 aromatic carbocycles. The second-order valence-electron chi connectivity index (χ2n) is 5.37. The Morgan fingerprint density at radius 3 is 2.62 bits per heavy atom. The predicted molar refractivity (Wildman–Crippen MR) is 88.9 cm³/mol. The van der Waals surface area contributed by atoms with E-state index in [0.29, 0.717) is 37.6 Å². The third kappa shape index (κ3) is 2.55. The number of fused-ring (bicyclic) bond motifs is 3. The Labute approximate surface area is 139 Å². The van der Waals surface area contributed by atoms with Crippen molar-refractivity contribution in [1.82, 2.24) is 4.98 Å². The minimum atomic E-state index is -0.412. The van der Waals surface area contributed by atoms with Gasteiger partial charge in [0.2, 0.25) is 0 Å². The number of anilines is 1. The summed E-state index contributed by atoms with van der Waals surface area (Å²) in [7, 11) is 1.55. The zero-order valence-corrected chi connectivity index (χ0v) is 14.0. The molecule has 1 aromatic heterocycles. The third-order valence-electron chi connectivity index (χ3n) is 4.05. The Bertz CT molecular complexity index is 796. The number of aromatic nitrogens is 1. The van der Waals surface area contributed by atoms with Gasteiger partial charge in [-0.1, -0.05) is 0 Å². The second-order valence-corrected chi connectivity index (χ2v) is 5.37. The summed E-state index contributed by atoms with van der Waals surface area (Å²) in [6, 6.07) is 3.55. The first-order valence-corrected chi connectivity index (χ1v) is 7.94. The molecule has 7 heteroatoms. The lowest BCUT2D eigenvalue weighted by molar-refractivity contribution is 0.0520. The monoisotopic (exact) mass is 332 g/mol. The molecular weight excluding hydrogens is 312 g/mol. The SMILES string of the molecule is CCOC(=O)c1cc2c3c(cc(OC)c2[nH]1)N(C(=O)OCC)CC3. The van der Waals surface area contributed by atoms with Crippen LogP contribution in [0.1, 0.15) is 29.9 Å². The molecule has 2 aromatic rings. The van der Waals surface area contributed by atoms with Crippen molar-refractivity contribution in [2.24, 2.45) is 0 Å². The molecule has 1 N–H and O–H groups in total. The largest absolute Gasteiger partial charge is 0.494 e. The number of H-pyrrole nitrogens is 1. The molecular formula is C17H20N2O5. The van der Waals surface area contributed by atoms with Crippen molar-refractivity contribution >= 4 is 28.7 Å². The average Bonchev–Trinajstić information content (AvgIpc) is 3.18. The lowest BCUT2D eigenvalue weighted by Crippen LogP contribution is -2.29. The van der Waals surface area contributed by atoms with Crippen molar-refractivity contribution in [3.8, 4) is 5.75 Å². The van der Waals surface area contributed by atoms with E-state index in [0.717, 1.165) is 22.2 Å². The molecule has 7 nitrogen and oxygen atoms in total. The molecule has 0 fully saturated rings. The first-order chi connectivity index (χ1) is 11.6. The van der Waals surface area contributed by atoms with Crippen LogP contribution in [0.25, 0.3) is 10.9 Å². The predicted octanol–water partition coefficient (Wildman–Crippen LogP) is 2.87. The van der Waals surface area contributed by atoms with Crippen molar-refractivity contribution in [2.45, 2.75) is 20.3 Å². The van der Waals surface area contributed by atoms with Crippen LogP contribution in [-0.4, -0.2) is 43.9 Å². The van der Waals surface area contributed by atoms with E-state index in [1.807, 2.05) is 0 Å². The van der Waals surface area contributed by atoms with Crippen LogP contribution in [0.5, 0.6) is 5.75 Å². The standard InChI is InChI=1S/C17H20N2O5/c1-4-23-16(20)12-8-11-10-6-7-19(17(21)24-5-2)13(10)9-14(22-3)15(11)18-12/h8-9,18H,4-7H2,1-3H3. The molecule has 0 bridgehead atoms. The Morgan fingerprint density at radius 2 is 1.96 bits per heavy atom. The maximum absolute atomic E-state index is 12.1. The second kappa shape index (κ2) is 6.43. The van der Waals surface area contributed by atoms with Crippen molar-refractivity contribution in [3.63, 3.8) is 0 Å². The van der Waals surface area contributed by atoms with E-state index in [9.17, 15) is 9.59 Å². The van der Waals surface area contributed by atoms with Gasteiger partial charge in [-0.2, -0.15) is 0 Å². The summed E-state index contributed by atoms with van der Waals surface area (Å²) >= 11 is 0. The number of ether oxygens (including phenoxy) is 3. The normalized spacial score (nSPS) is 13.0. The number of methoxy groups -OCH3 is 1. The van der Waals surface area contributed by atoms with Gasteiger partial charge in [-0.05, 0) is 31.9 Å². The highest BCUT2D eigenvalue weighted by atomic mass is 16.6. The number of rotatable bonds is 4. The molecule has 3 rings (SSSR count). The van der Waals surface area contributed by atoms with Crippen LogP contribution in [0.3, 0.4) is 0 Å². The van der Waals surface area contributed by atoms with Gasteiger partial charge < -0.3 is 19.2 Å². The lowest BCUT2D eigenvalue weighted by Gasteiger charge is -2.17. The summed E-state index contributed by atoms with van der Waals surface area (Å²) < 4.78 is 15.6. The van der Waals surface area contributed by atoms with Gasteiger partial charge in [0.05, 0.1) is 31.5 Å². The lowest BCUT2D eigenvalue weighted by atomic mass is 10.1. The first-order valence-electron chi connectivity index (χ1n) is 7.94. The summed E-state index contributed by atoms with van der Waals surface area (Å²) in [6.07, 6.45) is 0.313. The minimum absolute atomic E-state index is 0.306. The number of hydrogen-bond acceptors (Lipinski definition) is 5. The molecule has 0 saturated carbocycles. The van der Waals surface area contributed by atoms with E-state index in [2.05, 4.69) is 4.98 Å². The molecule has 0 radical (unpaired) electrons. The van der Waals surface area contributed by atoms with Crippen molar-refractivity contribution in [2.75, 3.05) is 31.8 Å². The number of esters is 1. The minimum Gasteiger partial charge on any atom is -0.494 e. The summed E-state index contributed by atoms with van der Waals surface area (Å²) in [4.78, 5) is 28.8. The van der Waals surface area contributed by atoms with Gasteiger partial charge in [-0.25, -0.2) is 9.59 Å². The van der Waals surface area contributed by atoms with Gasteiger partial charge >= 0.3 is 12.1 Å². The fourth-order valence-electron chi connectivity index (χ4n) is 3.03. The molecule has 128 valence electrons. The van der Waals surface area contributed by atoms with Crippen LogP contribution < -0.4 is 9.64 Å². The van der Waals surface area contributed by atoms with E-state index < -0.39 is 5.97 Å². The number of amides is 1. The number of nitrogens with zero attached hydrogens (tertiary/aromatic N) is 1. The molecule has 1 amide bonds. The average molecular weight is 332 g/mol. The van der Waals surface area contributed by atoms with Crippen molar-refractivity contribution in [1.29, 1.82) is 0 Å². The van der Waals surface area contributed by atoms with Crippen molar-refractivity contribution in [3.05, 3.63) is 23.4 Å². The molecule has 0 saturated heterocycles. The highest BCUT2D eigenvalue weighted by Gasteiger charge is 2.30. The Balaban J connectivity index is 2.10. The van der Waals surface area contributed by atoms with Crippen LogP contribution in [-0.2, 0) is 15.9 Å². The van der Waals surface area contributed by atoms with Gasteiger partial charge in [0.25, 0.3) is 0 Å². The molecule has 24 heavy (non-hydrogen) atoms. The smallest absolute Gasteiger partial charge is 0.414 e. The van der Waals surface area contributed by atoms with E-state index in [-0.39, 0.29) is 6.09 Å². The maximum atomic E-state index is 12.1. The Hall–Kier alpha value is -2.70. The van der Waals surface area contributed by atoms with Crippen molar-refractivity contribution < 1.29 is 23.8 Å². The molecule has 1 aliphatic heterocycles. The number of nitrogens with one attached hydrogen (secondary N) is 1. The van der Waals surface area contributed by atoms with E-state index >= 15 is 0 Å². The molecule has 0 spiro atoms. The maximum Gasteiger partial charge on any atom is 0.414 e. The molecule has 0 aliphatic carbocycles. The fraction of sp³-hybridized carbons (Fsp3) is 0.412. The van der Waals surface area contributed by atoms with Gasteiger partial charge in [-0.3, -0.25) is 4.90 Å². The zero-order chi connectivity index (χ0) is 17.3. The van der Waals surface area contributed by atoms with Crippen LogP contribution in [0.4, 0.5) is 10.5 Å². The Morgan fingerprint density at radius 1 is 1.21 bits per heavy atom. The Kier molecular flexibility index (Phi) is 4.33. The number of benzene rings is 1. The van der Waals surface area contributed by atoms with Crippen LogP contribution >= 0.6 is 0 Å². The van der Waals surface area contributed by atoms with Gasteiger partial charge in [0, 0.05) is 18.0 Å². The van der Waals surface area contributed by atoms with E-state index in [4.69, 9.17) is 14.2 Å². The number of carbonyl (C=O) groups is 2. The number of carbonyl (C=O) groups excluding carboxylic acids is 2. The fourth-order valence-corrected chi connectivity index (χ4v) is 3.03. The van der Waals surface area contributed by atoms with Gasteiger partial charge in [0.1, 0.15) is 11.4 Å².